The molecule has 67 heavy (non-hydrogen) atoms. The number of para-hydroxylation sites is 1. The molecular formula is C63H59BN2O. The third kappa shape index (κ3) is 6.25. The van der Waals surface area contributed by atoms with Gasteiger partial charge >= 0.3 is 0 Å². The molecule has 0 fully saturated rings. The van der Waals surface area contributed by atoms with E-state index < -0.39 is 0 Å². The van der Waals surface area contributed by atoms with Crippen LogP contribution < -0.4 is 26.2 Å². The summed E-state index contributed by atoms with van der Waals surface area (Å²) in [4.78, 5) is 5.20. The van der Waals surface area contributed by atoms with Gasteiger partial charge in [0.2, 0.25) is 0 Å². The Morgan fingerprint density at radius 1 is 0.433 bits per heavy atom. The zero-order valence-electron chi connectivity index (χ0n) is 40.9. The molecule has 0 radical (unpaired) electrons. The first-order valence-electron chi connectivity index (χ1n) is 24.2. The van der Waals surface area contributed by atoms with Gasteiger partial charge < -0.3 is 14.2 Å². The van der Waals surface area contributed by atoms with Gasteiger partial charge in [-0.25, -0.2) is 0 Å². The van der Waals surface area contributed by atoms with Crippen molar-refractivity contribution in [3.63, 3.8) is 0 Å². The van der Waals surface area contributed by atoms with Gasteiger partial charge in [0.15, 0.2) is 0 Å². The fourth-order valence-corrected chi connectivity index (χ4v) is 11.6. The Balaban J connectivity index is 1.13. The van der Waals surface area contributed by atoms with E-state index in [1.54, 1.807) is 0 Å². The predicted molar refractivity (Wildman–Crippen MR) is 287 cm³/mol. The summed E-state index contributed by atoms with van der Waals surface area (Å²) in [7, 11) is 0. The second-order valence-corrected chi connectivity index (χ2v) is 23.1. The van der Waals surface area contributed by atoms with Gasteiger partial charge in [0.1, 0.15) is 11.2 Å². The maximum atomic E-state index is 6.35. The molecule has 0 atom stereocenters. The standard InChI is InChI=1S/C63H59BN2O/c1-60(2,3)39-26-32-52-51(33-39)64-50-31-25-40(61(4,5)6)34-53(50)65(42-27-23-38(24-28-42)44-19-16-22-57-58(44)47-18-13-15-21-56(47)67-57)54-35-41(62(7,8)9)36-55(59(54)64)66(52)43-29-30-46-45-17-12-14-20-48(45)63(10,11)49(46)37-43/h12-37H,1-11H3. The molecule has 9 aromatic rings. The molecule has 0 unspecified atom stereocenters. The summed E-state index contributed by atoms with van der Waals surface area (Å²) in [6.07, 6.45) is 0. The van der Waals surface area contributed by atoms with Crippen LogP contribution in [-0.2, 0) is 21.7 Å². The first-order chi connectivity index (χ1) is 31.9. The minimum atomic E-state index is -0.130. The summed E-state index contributed by atoms with van der Waals surface area (Å²) < 4.78 is 6.35. The normalized spacial score (nSPS) is 14.8. The summed E-state index contributed by atoms with van der Waals surface area (Å²) in [5.74, 6) is 0. The third-order valence-corrected chi connectivity index (χ3v) is 15.3. The largest absolute Gasteiger partial charge is 0.456 e. The van der Waals surface area contributed by atoms with Crippen LogP contribution in [0.15, 0.2) is 162 Å². The zero-order valence-corrected chi connectivity index (χ0v) is 40.9. The van der Waals surface area contributed by atoms with Gasteiger partial charge in [-0.3, -0.25) is 0 Å². The van der Waals surface area contributed by atoms with E-state index >= 15 is 0 Å². The average molecular weight is 871 g/mol. The van der Waals surface area contributed by atoms with Crippen molar-refractivity contribution in [2.24, 2.45) is 0 Å². The van der Waals surface area contributed by atoms with Crippen LogP contribution in [0.25, 0.3) is 44.2 Å². The van der Waals surface area contributed by atoms with Crippen LogP contribution in [-0.4, -0.2) is 6.71 Å². The van der Waals surface area contributed by atoms with Gasteiger partial charge in [-0.1, -0.05) is 173 Å². The fraction of sp³-hybridized carbons (Fsp3) is 0.238. The first kappa shape index (κ1) is 41.6. The predicted octanol–water partition coefficient (Wildman–Crippen LogP) is 15.5. The molecule has 3 aliphatic rings. The molecule has 1 aromatic heterocycles. The molecule has 4 heteroatoms. The first-order valence-corrected chi connectivity index (χ1v) is 24.2. The van der Waals surface area contributed by atoms with Crippen LogP contribution in [0.1, 0.15) is 104 Å². The van der Waals surface area contributed by atoms with Crippen molar-refractivity contribution >= 4 is 79.2 Å². The van der Waals surface area contributed by atoms with E-state index in [-0.39, 0.29) is 28.4 Å². The van der Waals surface area contributed by atoms with Crippen LogP contribution in [0, 0.1) is 0 Å². The summed E-state index contributed by atoms with van der Waals surface area (Å²) in [5.41, 5.74) is 24.6. The lowest BCUT2D eigenvalue weighted by atomic mass is 9.33. The SMILES string of the molecule is CC(C)(C)c1ccc2c(c1)B1c3ccc(C(C)(C)C)cc3N(c3ccc(-c4cccc5oc6ccccc6c45)cc3)c3cc(C(C)(C)C)cc(c31)N2c1ccc2c(c1)C(C)(C)c1ccccc1-2. The van der Waals surface area contributed by atoms with E-state index in [9.17, 15) is 0 Å². The number of hydrogen-bond acceptors (Lipinski definition) is 3. The van der Waals surface area contributed by atoms with E-state index in [0.717, 1.165) is 27.6 Å². The van der Waals surface area contributed by atoms with Gasteiger partial charge in [-0.2, -0.15) is 0 Å². The van der Waals surface area contributed by atoms with Crippen LogP contribution in [0.4, 0.5) is 34.1 Å². The lowest BCUT2D eigenvalue weighted by molar-refractivity contribution is 0.589. The Kier molecular flexibility index (Phi) is 8.78. The number of furan rings is 1. The van der Waals surface area contributed by atoms with Crippen molar-refractivity contribution in [1.29, 1.82) is 0 Å². The van der Waals surface area contributed by atoms with Gasteiger partial charge in [-0.15, -0.1) is 0 Å². The molecular weight excluding hydrogens is 812 g/mol. The minimum Gasteiger partial charge on any atom is -0.456 e. The van der Waals surface area contributed by atoms with E-state index in [1.165, 1.54) is 94.9 Å². The van der Waals surface area contributed by atoms with Crippen LogP contribution in [0.2, 0.25) is 0 Å². The molecule has 0 bridgehead atoms. The Hall–Kier alpha value is -6.78. The highest BCUT2D eigenvalue weighted by molar-refractivity contribution is 7.00. The summed E-state index contributed by atoms with van der Waals surface area (Å²) in [5, 5.41) is 2.30. The molecule has 1 aliphatic carbocycles. The quantitative estimate of drug-likeness (QED) is 0.165. The topological polar surface area (TPSA) is 19.6 Å². The number of hydrogen-bond donors (Lipinski definition) is 0. The van der Waals surface area contributed by atoms with Crippen molar-refractivity contribution in [3.05, 3.63) is 186 Å². The van der Waals surface area contributed by atoms with E-state index in [4.69, 9.17) is 4.42 Å². The number of anilines is 6. The molecule has 3 heterocycles. The highest BCUT2D eigenvalue weighted by atomic mass is 16.3. The summed E-state index contributed by atoms with van der Waals surface area (Å²) >= 11 is 0. The molecule has 0 spiro atoms. The van der Waals surface area contributed by atoms with Crippen molar-refractivity contribution < 1.29 is 4.42 Å². The van der Waals surface area contributed by atoms with Crippen LogP contribution >= 0.6 is 0 Å². The molecule has 8 aromatic carbocycles. The van der Waals surface area contributed by atoms with Crippen molar-refractivity contribution in [2.75, 3.05) is 9.80 Å². The number of fused-ring (bicyclic) bond motifs is 10. The molecule has 0 saturated carbocycles. The molecule has 0 amide bonds. The Morgan fingerprint density at radius 3 is 1.75 bits per heavy atom. The van der Waals surface area contributed by atoms with Crippen molar-refractivity contribution in [2.45, 2.75) is 97.8 Å². The molecule has 2 aliphatic heterocycles. The number of rotatable bonds is 3. The molecule has 0 saturated heterocycles. The smallest absolute Gasteiger partial charge is 0.252 e. The van der Waals surface area contributed by atoms with E-state index in [2.05, 4.69) is 238 Å². The second-order valence-electron chi connectivity index (χ2n) is 23.1. The van der Waals surface area contributed by atoms with Gasteiger partial charge in [0.25, 0.3) is 6.71 Å². The Labute approximate surface area is 397 Å². The number of benzene rings is 8. The van der Waals surface area contributed by atoms with E-state index in [1.807, 2.05) is 6.07 Å². The van der Waals surface area contributed by atoms with E-state index in [0.29, 0.717) is 0 Å². The number of nitrogens with zero attached hydrogens (tertiary/aromatic N) is 2. The fourth-order valence-electron chi connectivity index (χ4n) is 11.6. The van der Waals surface area contributed by atoms with Gasteiger partial charge in [0, 0.05) is 50.3 Å². The highest BCUT2D eigenvalue weighted by Gasteiger charge is 2.45. The van der Waals surface area contributed by atoms with Crippen molar-refractivity contribution in [1.82, 2.24) is 0 Å². The van der Waals surface area contributed by atoms with Crippen molar-refractivity contribution in [3.8, 4) is 22.3 Å². The molecule has 12 rings (SSSR count). The summed E-state index contributed by atoms with van der Waals surface area (Å²) in [6.45, 7) is 25.9. The lowest BCUT2D eigenvalue weighted by Crippen LogP contribution is -2.61. The maximum absolute atomic E-state index is 6.35. The summed E-state index contributed by atoms with van der Waals surface area (Å²) in [6, 6.07) is 60.1. The highest BCUT2D eigenvalue weighted by Crippen LogP contribution is 2.52. The molecule has 3 nitrogen and oxygen atoms in total. The molecule has 330 valence electrons. The van der Waals surface area contributed by atoms with Gasteiger partial charge in [0.05, 0.1) is 0 Å². The van der Waals surface area contributed by atoms with Crippen LogP contribution in [0.3, 0.4) is 0 Å². The second kappa shape index (κ2) is 14.1. The monoisotopic (exact) mass is 870 g/mol. The lowest BCUT2D eigenvalue weighted by Gasteiger charge is -2.46. The van der Waals surface area contributed by atoms with Crippen LogP contribution in [0.5, 0.6) is 0 Å². The Morgan fingerprint density at radius 2 is 1.01 bits per heavy atom. The minimum absolute atomic E-state index is 0.0224. The Bertz CT molecular complexity index is 3510. The molecule has 0 N–H and O–H groups in total. The third-order valence-electron chi connectivity index (χ3n) is 15.3. The van der Waals surface area contributed by atoms with Gasteiger partial charge in [-0.05, 0) is 143 Å². The maximum Gasteiger partial charge on any atom is 0.252 e. The average Bonchev–Trinajstić information content (AvgIpc) is 3.79. The zero-order chi connectivity index (χ0) is 46.5.